The van der Waals surface area contributed by atoms with Gasteiger partial charge in [0.25, 0.3) is 5.91 Å². The van der Waals surface area contributed by atoms with Crippen molar-refractivity contribution in [2.45, 2.75) is 32.4 Å². The van der Waals surface area contributed by atoms with Gasteiger partial charge in [0, 0.05) is 23.5 Å². The lowest BCUT2D eigenvalue weighted by atomic mass is 9.87. The van der Waals surface area contributed by atoms with Gasteiger partial charge < -0.3 is 5.32 Å². The lowest BCUT2D eigenvalue weighted by Crippen LogP contribution is -2.17. The van der Waals surface area contributed by atoms with Gasteiger partial charge in [-0.25, -0.2) is 4.68 Å². The number of carbonyl (C=O) groups excluding carboxylic acids is 1. The normalized spacial score (nSPS) is 11.9. The molecule has 0 aliphatic carbocycles. The molecule has 34 heavy (non-hydrogen) atoms. The number of hydrogen-bond donors (Lipinski definition) is 1. The summed E-state index contributed by atoms with van der Waals surface area (Å²) >= 11 is 0. The molecule has 0 fully saturated rings. The average molecular weight is 466 g/mol. The van der Waals surface area contributed by atoms with Crippen molar-refractivity contribution in [1.82, 2.24) is 25.0 Å². The Morgan fingerprint density at radius 3 is 2.26 bits per heavy atom. The number of anilines is 1. The molecule has 3 aromatic heterocycles. The summed E-state index contributed by atoms with van der Waals surface area (Å²) in [6.07, 6.45) is -1.73. The second-order valence-electron chi connectivity index (χ2n) is 8.62. The van der Waals surface area contributed by atoms with Gasteiger partial charge in [-0.1, -0.05) is 32.9 Å². The Labute approximate surface area is 193 Å². The van der Waals surface area contributed by atoms with Crippen molar-refractivity contribution in [1.29, 1.82) is 0 Å². The first-order valence-electron chi connectivity index (χ1n) is 10.4. The monoisotopic (exact) mass is 466 g/mol. The van der Waals surface area contributed by atoms with Crippen molar-refractivity contribution in [3.8, 4) is 17.1 Å². The maximum atomic E-state index is 13.6. The third-order valence-electron chi connectivity index (χ3n) is 5.08. The zero-order chi connectivity index (χ0) is 24.5. The van der Waals surface area contributed by atoms with Crippen LogP contribution >= 0.6 is 0 Å². The number of halogens is 3. The van der Waals surface area contributed by atoms with E-state index >= 15 is 0 Å². The summed E-state index contributed by atoms with van der Waals surface area (Å²) in [4.78, 5) is 16.4. The highest BCUT2D eigenvalue weighted by atomic mass is 19.4. The molecule has 1 N–H and O–H groups in total. The quantitative estimate of drug-likeness (QED) is 0.442. The highest BCUT2D eigenvalue weighted by Crippen LogP contribution is 2.33. The first-order chi connectivity index (χ1) is 16.0. The molecule has 0 radical (unpaired) electrons. The van der Waals surface area contributed by atoms with E-state index in [1.165, 1.54) is 24.5 Å². The van der Waals surface area contributed by atoms with Crippen molar-refractivity contribution >= 4 is 11.7 Å². The Morgan fingerprint density at radius 1 is 0.971 bits per heavy atom. The van der Waals surface area contributed by atoms with Crippen LogP contribution in [0.2, 0.25) is 0 Å². The van der Waals surface area contributed by atoms with Gasteiger partial charge in [-0.15, -0.1) is 10.2 Å². The summed E-state index contributed by atoms with van der Waals surface area (Å²) in [6.45, 7) is 6.22. The molecule has 0 aliphatic heterocycles. The summed E-state index contributed by atoms with van der Waals surface area (Å²) in [6, 6.07) is 14.0. The molecule has 4 aromatic rings. The van der Waals surface area contributed by atoms with Crippen LogP contribution < -0.4 is 5.32 Å². The average Bonchev–Trinajstić information content (AvgIpc) is 3.26. The molecule has 0 spiro atoms. The minimum Gasteiger partial charge on any atom is -0.305 e. The number of benzene rings is 1. The number of hydrogen-bond acceptors (Lipinski definition) is 5. The highest BCUT2D eigenvalue weighted by Gasteiger charge is 2.37. The van der Waals surface area contributed by atoms with Crippen molar-refractivity contribution in [3.63, 3.8) is 0 Å². The SMILES string of the molecule is CC(C)(C)c1ccc(C(=O)Nc2ccc(-n3nc(-c4cccnc4)cc3C(F)(F)F)nn2)cc1. The zero-order valence-electron chi connectivity index (χ0n) is 18.6. The van der Waals surface area contributed by atoms with E-state index in [1.54, 1.807) is 24.3 Å². The van der Waals surface area contributed by atoms with Crippen LogP contribution in [-0.2, 0) is 11.6 Å². The van der Waals surface area contributed by atoms with E-state index in [-0.39, 0.29) is 22.7 Å². The Balaban J connectivity index is 1.57. The predicted molar refractivity (Wildman–Crippen MR) is 120 cm³/mol. The van der Waals surface area contributed by atoms with E-state index in [0.29, 0.717) is 15.8 Å². The Morgan fingerprint density at radius 2 is 1.71 bits per heavy atom. The molecule has 0 saturated heterocycles. The second kappa shape index (κ2) is 8.69. The van der Waals surface area contributed by atoms with Crippen LogP contribution in [0, 0.1) is 0 Å². The van der Waals surface area contributed by atoms with E-state index in [2.05, 4.69) is 46.4 Å². The molecule has 0 atom stereocenters. The molecule has 0 unspecified atom stereocenters. The van der Waals surface area contributed by atoms with Crippen LogP contribution in [0.25, 0.3) is 17.1 Å². The van der Waals surface area contributed by atoms with E-state index in [9.17, 15) is 18.0 Å². The third-order valence-corrected chi connectivity index (χ3v) is 5.08. The fourth-order valence-electron chi connectivity index (χ4n) is 3.23. The van der Waals surface area contributed by atoms with Gasteiger partial charge in [-0.2, -0.15) is 18.3 Å². The molecule has 0 saturated carbocycles. The molecular weight excluding hydrogens is 445 g/mol. The number of alkyl halides is 3. The molecule has 1 amide bonds. The first-order valence-corrected chi connectivity index (χ1v) is 10.4. The lowest BCUT2D eigenvalue weighted by Gasteiger charge is -2.19. The van der Waals surface area contributed by atoms with E-state index < -0.39 is 17.8 Å². The van der Waals surface area contributed by atoms with E-state index in [0.717, 1.165) is 11.6 Å². The van der Waals surface area contributed by atoms with Crippen LogP contribution in [0.3, 0.4) is 0 Å². The van der Waals surface area contributed by atoms with Gasteiger partial charge in [0.05, 0.1) is 5.69 Å². The van der Waals surface area contributed by atoms with Crippen LogP contribution in [0.4, 0.5) is 19.0 Å². The molecule has 1 aromatic carbocycles. The number of nitrogens with zero attached hydrogens (tertiary/aromatic N) is 5. The minimum atomic E-state index is -4.67. The van der Waals surface area contributed by atoms with Crippen LogP contribution in [0.5, 0.6) is 0 Å². The van der Waals surface area contributed by atoms with Gasteiger partial charge >= 0.3 is 6.18 Å². The number of rotatable bonds is 4. The number of pyridine rings is 1. The molecule has 10 heteroatoms. The van der Waals surface area contributed by atoms with E-state index in [4.69, 9.17) is 0 Å². The maximum absolute atomic E-state index is 13.6. The number of aromatic nitrogens is 5. The Kier molecular flexibility index (Phi) is 5.90. The zero-order valence-corrected chi connectivity index (χ0v) is 18.6. The van der Waals surface area contributed by atoms with Crippen LogP contribution in [0.1, 0.15) is 42.4 Å². The van der Waals surface area contributed by atoms with Gasteiger partial charge in [-0.05, 0) is 53.4 Å². The molecule has 4 rings (SSSR count). The van der Waals surface area contributed by atoms with Gasteiger partial charge in [0.1, 0.15) is 0 Å². The molecule has 7 nitrogen and oxygen atoms in total. The van der Waals surface area contributed by atoms with E-state index in [1.807, 2.05) is 12.1 Å². The predicted octanol–water partition coefficient (Wildman–Crippen LogP) is 5.29. The first kappa shape index (κ1) is 23.1. The Hall–Kier alpha value is -4.08. The van der Waals surface area contributed by atoms with Crippen molar-refractivity contribution in [2.24, 2.45) is 0 Å². The lowest BCUT2D eigenvalue weighted by molar-refractivity contribution is -0.142. The molecule has 0 aliphatic rings. The fourth-order valence-corrected chi connectivity index (χ4v) is 3.23. The summed E-state index contributed by atoms with van der Waals surface area (Å²) in [5.41, 5.74) is 0.982. The molecule has 174 valence electrons. The smallest absolute Gasteiger partial charge is 0.305 e. The minimum absolute atomic E-state index is 0.0467. The van der Waals surface area contributed by atoms with Gasteiger partial charge in [0.15, 0.2) is 17.3 Å². The molecule has 3 heterocycles. The van der Waals surface area contributed by atoms with Crippen LogP contribution in [0.15, 0.2) is 67.0 Å². The summed E-state index contributed by atoms with van der Waals surface area (Å²) in [5, 5.41) is 14.4. The van der Waals surface area contributed by atoms with Crippen molar-refractivity contribution in [2.75, 3.05) is 5.32 Å². The topological polar surface area (TPSA) is 85.6 Å². The number of nitrogens with one attached hydrogen (secondary N) is 1. The van der Waals surface area contributed by atoms with Gasteiger partial charge in [0.2, 0.25) is 0 Å². The third kappa shape index (κ3) is 4.95. The molecule has 0 bridgehead atoms. The highest BCUT2D eigenvalue weighted by molar-refractivity contribution is 6.03. The maximum Gasteiger partial charge on any atom is 0.433 e. The molecular formula is C24H21F3N6O. The van der Waals surface area contributed by atoms with Crippen LogP contribution in [-0.4, -0.2) is 30.9 Å². The number of amides is 1. The fraction of sp³-hybridized carbons (Fsp3) is 0.208. The van der Waals surface area contributed by atoms with Crippen molar-refractivity contribution in [3.05, 3.63) is 83.8 Å². The summed E-state index contributed by atoms with van der Waals surface area (Å²) in [7, 11) is 0. The number of carbonyl (C=O) groups is 1. The van der Waals surface area contributed by atoms with Gasteiger partial charge in [-0.3, -0.25) is 9.78 Å². The summed E-state index contributed by atoms with van der Waals surface area (Å²) < 4.78 is 41.5. The standard InChI is InChI=1S/C24H21F3N6O/c1-23(2,3)17-8-6-15(7-9-17)22(34)29-20-10-11-21(31-30-20)33-19(24(25,26)27)13-18(32-33)16-5-4-12-28-14-16/h4-14H,1-3H3,(H,29,30,34). The van der Waals surface area contributed by atoms with Crippen molar-refractivity contribution < 1.29 is 18.0 Å². The summed E-state index contributed by atoms with van der Waals surface area (Å²) in [5.74, 6) is -0.451. The largest absolute Gasteiger partial charge is 0.433 e. The Bertz CT molecular complexity index is 1290. The second-order valence-corrected chi connectivity index (χ2v) is 8.62.